The Bertz CT molecular complexity index is 3520. The molecular formula is C51H51N21. The summed E-state index contributed by atoms with van der Waals surface area (Å²) in [5.41, 5.74) is 28.8. The average Bonchev–Trinajstić information content (AvgIpc) is 4.25. The third-order valence-electron chi connectivity index (χ3n) is 14.6. The van der Waals surface area contributed by atoms with Crippen molar-refractivity contribution in [2.45, 2.75) is 95.2 Å². The van der Waals surface area contributed by atoms with Gasteiger partial charge in [0.2, 0.25) is 0 Å². The van der Waals surface area contributed by atoms with Crippen LogP contribution in [0, 0.1) is 0 Å². The Balaban J connectivity index is 0.000000105. The number of pyridine rings is 3. The zero-order chi connectivity index (χ0) is 48.3. The normalized spacial score (nSPS) is 15.7. The first-order valence-electron chi connectivity index (χ1n) is 24.7. The van der Waals surface area contributed by atoms with Crippen LogP contribution in [0.3, 0.4) is 0 Å². The number of anilines is 3. The molecule has 15 rings (SSSR count). The van der Waals surface area contributed by atoms with E-state index in [-0.39, 0.29) is 0 Å². The van der Waals surface area contributed by atoms with Crippen molar-refractivity contribution in [1.29, 1.82) is 0 Å². The molecule has 3 saturated carbocycles. The van der Waals surface area contributed by atoms with Gasteiger partial charge < -0.3 is 32.2 Å². The van der Waals surface area contributed by atoms with Gasteiger partial charge in [-0.2, -0.15) is 15.3 Å². The second kappa shape index (κ2) is 17.8. The van der Waals surface area contributed by atoms with Crippen LogP contribution < -0.4 is 17.2 Å². The van der Waals surface area contributed by atoms with Crippen LogP contribution in [0.15, 0.2) is 92.6 Å². The number of hydrogen-bond acceptors (Lipinski definition) is 15. The molecule has 0 bridgehead atoms. The summed E-state index contributed by atoms with van der Waals surface area (Å²) in [4.78, 5) is 48.7. The Morgan fingerprint density at radius 2 is 0.681 bits per heavy atom. The number of nitrogens with zero attached hydrogens (tertiary/aromatic N) is 15. The molecule has 12 aromatic heterocycles. The second-order valence-corrected chi connectivity index (χ2v) is 19.0. The predicted octanol–water partition coefficient (Wildman–Crippen LogP) is 9.20. The molecule has 0 unspecified atom stereocenters. The lowest BCUT2D eigenvalue weighted by Crippen LogP contribution is -2.07. The highest BCUT2D eigenvalue weighted by Gasteiger charge is 2.28. The highest BCUT2D eigenvalue weighted by molar-refractivity contribution is 6.01. The molecule has 12 heterocycles. The molecule has 3 aliphatic rings. The number of H-pyrrole nitrogens is 3. The van der Waals surface area contributed by atoms with Gasteiger partial charge in [0.05, 0.1) is 34.3 Å². The van der Waals surface area contributed by atoms with Crippen molar-refractivity contribution in [2.75, 3.05) is 17.2 Å². The summed E-state index contributed by atoms with van der Waals surface area (Å²) in [7, 11) is 0. The Morgan fingerprint density at radius 1 is 0.389 bits per heavy atom. The van der Waals surface area contributed by atoms with Gasteiger partial charge in [0.25, 0.3) is 0 Å². The van der Waals surface area contributed by atoms with Crippen molar-refractivity contribution >= 4 is 83.7 Å². The van der Waals surface area contributed by atoms with Crippen molar-refractivity contribution in [3.8, 4) is 33.8 Å². The summed E-state index contributed by atoms with van der Waals surface area (Å²) in [6, 6.07) is 13.4. The van der Waals surface area contributed by atoms with Crippen LogP contribution in [0.1, 0.15) is 95.2 Å². The summed E-state index contributed by atoms with van der Waals surface area (Å²) in [5.74, 6) is 1.40. The van der Waals surface area contributed by atoms with Crippen LogP contribution in [-0.2, 0) is 0 Å². The van der Waals surface area contributed by atoms with Crippen molar-refractivity contribution in [2.24, 2.45) is 0 Å². The molecule has 21 heteroatoms. The van der Waals surface area contributed by atoms with E-state index in [4.69, 9.17) is 32.5 Å². The van der Waals surface area contributed by atoms with Crippen LogP contribution >= 0.6 is 0 Å². The highest BCUT2D eigenvalue weighted by atomic mass is 15.3. The number of rotatable bonds is 6. The van der Waals surface area contributed by atoms with Crippen molar-refractivity contribution < 1.29 is 0 Å². The van der Waals surface area contributed by atoms with E-state index in [1.165, 1.54) is 57.5 Å². The number of aromatic nitrogens is 18. The SMILES string of the molecule is Nc1ncnc2c1c(-c1cnc3[nH]ccc3c1)nn2C1CCCC1.Nc1ncnc2c1c(-c1cnc3[nH]ccc3c1)nn2C1CCCC1.Nc1ncnc2c1c(-c1cnc3[nH]ccc3c1)nn2C1CCCC1. The first-order chi connectivity index (χ1) is 35.4. The number of nitrogen functional groups attached to an aromatic ring is 3. The summed E-state index contributed by atoms with van der Waals surface area (Å²) < 4.78 is 6.12. The first kappa shape index (κ1) is 43.2. The Kier molecular flexibility index (Phi) is 10.7. The molecule has 72 heavy (non-hydrogen) atoms. The van der Waals surface area contributed by atoms with Gasteiger partial charge in [-0.25, -0.2) is 58.9 Å². The predicted molar refractivity (Wildman–Crippen MR) is 277 cm³/mol. The monoisotopic (exact) mass is 957 g/mol. The average molecular weight is 958 g/mol. The standard InChI is InChI=1S/3C17H17N7/c3*18-15-13-14(11-7-10-5-6-19-16(10)20-8-11)23-24(12-3-1-2-4-12)17(13)22-9-21-15/h3*5-9,12H,1-4H2,(H,19,20)(H2,18,21,22). The largest absolute Gasteiger partial charge is 0.383 e. The molecule has 360 valence electrons. The lowest BCUT2D eigenvalue weighted by molar-refractivity contribution is 0.479. The molecule has 0 saturated heterocycles. The van der Waals surface area contributed by atoms with Gasteiger partial charge in [0, 0.05) is 70.0 Å². The number of fused-ring (bicyclic) bond motifs is 6. The van der Waals surface area contributed by atoms with E-state index < -0.39 is 0 Å². The van der Waals surface area contributed by atoms with E-state index in [9.17, 15) is 0 Å². The molecule has 0 aliphatic heterocycles. The van der Waals surface area contributed by atoms with E-state index in [1.807, 2.05) is 69.4 Å². The van der Waals surface area contributed by atoms with Gasteiger partial charge in [-0.1, -0.05) is 38.5 Å². The fourth-order valence-corrected chi connectivity index (χ4v) is 11.0. The summed E-state index contributed by atoms with van der Waals surface area (Å²) in [6.45, 7) is 0. The van der Waals surface area contributed by atoms with Crippen molar-refractivity contribution in [1.82, 2.24) is 89.1 Å². The maximum atomic E-state index is 6.17. The molecule has 9 N–H and O–H groups in total. The lowest BCUT2D eigenvalue weighted by atomic mass is 10.1. The lowest BCUT2D eigenvalue weighted by Gasteiger charge is -2.10. The van der Waals surface area contributed by atoms with Gasteiger partial charge in [-0.3, -0.25) is 0 Å². The zero-order valence-electron chi connectivity index (χ0n) is 39.3. The van der Waals surface area contributed by atoms with Crippen molar-refractivity contribution in [3.63, 3.8) is 0 Å². The molecule has 3 fully saturated rings. The fraction of sp³-hybridized carbons (Fsp3) is 0.294. The quantitative estimate of drug-likeness (QED) is 0.0905. The van der Waals surface area contributed by atoms with E-state index in [2.05, 4.69) is 78.0 Å². The second-order valence-electron chi connectivity index (χ2n) is 19.0. The van der Waals surface area contributed by atoms with Gasteiger partial charge >= 0.3 is 0 Å². The van der Waals surface area contributed by atoms with Crippen LogP contribution in [0.4, 0.5) is 17.5 Å². The molecule has 12 aromatic rings. The molecular weight excluding hydrogens is 907 g/mol. The highest BCUT2D eigenvalue weighted by Crippen LogP contribution is 2.40. The number of hydrogen-bond donors (Lipinski definition) is 6. The van der Waals surface area contributed by atoms with Gasteiger partial charge in [-0.15, -0.1) is 0 Å². The third-order valence-corrected chi connectivity index (χ3v) is 14.6. The summed E-state index contributed by atoms with van der Waals surface area (Å²) in [5, 5.41) is 20.2. The maximum absolute atomic E-state index is 6.17. The minimum Gasteiger partial charge on any atom is -0.383 e. The smallest absolute Gasteiger partial charge is 0.164 e. The molecule has 0 amide bonds. The van der Waals surface area contributed by atoms with Crippen LogP contribution in [0.5, 0.6) is 0 Å². The zero-order valence-corrected chi connectivity index (χ0v) is 39.3. The van der Waals surface area contributed by atoms with E-state index in [0.29, 0.717) is 35.6 Å². The Morgan fingerprint density at radius 3 is 0.972 bits per heavy atom. The molecule has 0 radical (unpaired) electrons. The first-order valence-corrected chi connectivity index (χ1v) is 24.7. The van der Waals surface area contributed by atoms with E-state index in [1.54, 1.807) is 0 Å². The van der Waals surface area contributed by atoms with Crippen LogP contribution in [0.2, 0.25) is 0 Å². The molecule has 21 nitrogen and oxygen atoms in total. The minimum absolute atomic E-state index is 0.388. The van der Waals surface area contributed by atoms with E-state index in [0.717, 1.165) is 138 Å². The number of aromatic amines is 3. The van der Waals surface area contributed by atoms with Crippen molar-refractivity contribution in [3.05, 3.63) is 92.6 Å². The molecule has 3 aliphatic carbocycles. The van der Waals surface area contributed by atoms with Crippen LogP contribution in [-0.4, -0.2) is 89.1 Å². The van der Waals surface area contributed by atoms with Crippen LogP contribution in [0.25, 0.3) is 100.0 Å². The topological polar surface area (TPSA) is 295 Å². The Labute approximate surface area is 410 Å². The molecule has 0 atom stereocenters. The third kappa shape index (κ3) is 7.54. The van der Waals surface area contributed by atoms with Gasteiger partial charge in [-0.05, 0) is 74.9 Å². The minimum atomic E-state index is 0.388. The van der Waals surface area contributed by atoms with E-state index >= 15 is 0 Å². The number of nitrogens with one attached hydrogen (secondary N) is 3. The van der Waals surface area contributed by atoms with Gasteiger partial charge in [0.1, 0.15) is 70.5 Å². The molecule has 0 spiro atoms. The van der Waals surface area contributed by atoms with Gasteiger partial charge in [0.15, 0.2) is 16.9 Å². The molecule has 0 aromatic carbocycles. The Hall–Kier alpha value is -8.88. The summed E-state index contributed by atoms with van der Waals surface area (Å²) >= 11 is 0. The maximum Gasteiger partial charge on any atom is 0.164 e. The number of nitrogens with two attached hydrogens (primary N) is 3. The fourth-order valence-electron chi connectivity index (χ4n) is 11.0. The summed E-state index contributed by atoms with van der Waals surface area (Å²) in [6.07, 6.45) is 29.9.